The third-order valence-electron chi connectivity index (χ3n) is 10.3. The van der Waals surface area contributed by atoms with Gasteiger partial charge in [-0.15, -0.1) is 47.0 Å². The molecule has 222 valence electrons. The van der Waals surface area contributed by atoms with Crippen LogP contribution in [0, 0.1) is 11.8 Å². The van der Waals surface area contributed by atoms with Crippen molar-refractivity contribution in [1.29, 1.82) is 0 Å². The van der Waals surface area contributed by atoms with E-state index in [1.54, 1.807) is 23.5 Å². The van der Waals surface area contributed by atoms with E-state index in [1.807, 2.05) is 23.5 Å². The molecule has 0 aromatic carbocycles. The van der Waals surface area contributed by atoms with Crippen LogP contribution in [-0.2, 0) is 0 Å². The molecule has 3 aromatic heterocycles. The lowest BCUT2D eigenvalue weighted by Crippen LogP contribution is -2.18. The van der Waals surface area contributed by atoms with Gasteiger partial charge in [-0.3, -0.25) is 0 Å². The second-order valence-electron chi connectivity index (χ2n) is 12.4. The van der Waals surface area contributed by atoms with Gasteiger partial charge < -0.3 is 9.97 Å². The van der Waals surface area contributed by atoms with Gasteiger partial charge in [0.15, 0.2) is 0 Å². The number of aromatic amines is 2. The Hall–Kier alpha value is -2.52. The first-order valence-corrected chi connectivity index (χ1v) is 20.3. The van der Waals surface area contributed by atoms with Crippen LogP contribution in [0.15, 0.2) is 58.4 Å². The summed E-state index contributed by atoms with van der Waals surface area (Å²) in [7, 11) is 0. The van der Waals surface area contributed by atoms with Crippen molar-refractivity contribution in [3.8, 4) is 0 Å². The summed E-state index contributed by atoms with van der Waals surface area (Å²) < 4.78 is 0. The molecule has 6 aliphatic carbocycles. The number of rotatable bonds is 4. The molecule has 0 amide bonds. The van der Waals surface area contributed by atoms with Crippen LogP contribution in [0.2, 0.25) is 0 Å². The number of allylic oxidation sites excluding steroid dienone is 6. The van der Waals surface area contributed by atoms with Crippen molar-refractivity contribution in [2.75, 3.05) is 25.0 Å². The van der Waals surface area contributed by atoms with E-state index in [0.29, 0.717) is 23.7 Å². The molecule has 11 rings (SSSR count). The molecule has 0 spiro atoms. The van der Waals surface area contributed by atoms with E-state index in [0.717, 1.165) is 28.3 Å². The second-order valence-corrected chi connectivity index (χ2v) is 15.7. The first kappa shape index (κ1) is 27.8. The maximum atomic E-state index is 5.42. The summed E-state index contributed by atoms with van der Waals surface area (Å²) in [6.07, 6.45) is 23.3. The minimum absolute atomic E-state index is 0.429. The quantitative estimate of drug-likeness (QED) is 0.216. The molecule has 2 N–H and O–H groups in total. The van der Waals surface area contributed by atoms with Gasteiger partial charge in [0.2, 0.25) is 0 Å². The van der Waals surface area contributed by atoms with Crippen molar-refractivity contribution < 1.29 is 0 Å². The maximum absolute atomic E-state index is 5.42. The minimum Gasteiger partial charge on any atom is -0.355 e. The maximum Gasteiger partial charge on any atom is 0.0806 e. The number of nitrogens with zero attached hydrogens (tertiary/aromatic N) is 2. The van der Waals surface area contributed by atoms with Crippen molar-refractivity contribution in [3.05, 3.63) is 82.5 Å². The normalized spacial score (nSPS) is 24.5. The fraction of sp³-hybridized carbons (Fsp3) is 0.333. The highest BCUT2D eigenvalue weighted by atomic mass is 32.2. The number of fused-ring (bicyclic) bond motifs is 10. The zero-order valence-electron chi connectivity index (χ0n) is 25.3. The average Bonchev–Trinajstić information content (AvgIpc) is 3.80. The highest BCUT2D eigenvalue weighted by Gasteiger charge is 2.38. The van der Waals surface area contributed by atoms with Crippen molar-refractivity contribution >= 4 is 90.1 Å². The molecule has 0 fully saturated rings. The molecule has 3 aromatic rings. The highest BCUT2D eigenvalue weighted by molar-refractivity contribution is 8.13. The van der Waals surface area contributed by atoms with Crippen LogP contribution in [0.3, 0.4) is 0 Å². The van der Waals surface area contributed by atoms with Crippen LogP contribution in [0.4, 0.5) is 0 Å². The molecule has 8 heteroatoms. The van der Waals surface area contributed by atoms with Gasteiger partial charge in [0.25, 0.3) is 0 Å². The smallest absolute Gasteiger partial charge is 0.0806 e. The number of H-pyrrole nitrogens is 2. The number of nitrogens with one attached hydrogen (secondary N) is 2. The van der Waals surface area contributed by atoms with E-state index in [-0.39, 0.29) is 0 Å². The zero-order valence-corrected chi connectivity index (χ0v) is 28.6. The van der Waals surface area contributed by atoms with Crippen molar-refractivity contribution in [3.63, 3.8) is 0 Å². The summed E-state index contributed by atoms with van der Waals surface area (Å²) >= 11 is 7.27. The first-order valence-electron chi connectivity index (χ1n) is 15.4. The minimum atomic E-state index is 0.429. The van der Waals surface area contributed by atoms with Crippen LogP contribution >= 0.6 is 47.0 Å². The molecular weight excluding hydrogens is 617 g/mol. The number of hydrogen-bond donors (Lipinski definition) is 2. The molecule has 5 heterocycles. The summed E-state index contributed by atoms with van der Waals surface area (Å²) in [6, 6.07) is 9.33. The molecule has 0 saturated heterocycles. The van der Waals surface area contributed by atoms with Gasteiger partial charge in [-0.05, 0) is 97.2 Å². The molecule has 4 unspecified atom stereocenters. The van der Waals surface area contributed by atoms with E-state index < -0.39 is 0 Å². The first-order chi connectivity index (χ1) is 21.6. The Bertz CT molecular complexity index is 2060. The lowest BCUT2D eigenvalue weighted by atomic mass is 9.71. The van der Waals surface area contributed by atoms with Crippen LogP contribution < -0.4 is 0 Å². The van der Waals surface area contributed by atoms with Gasteiger partial charge in [0, 0.05) is 54.3 Å². The lowest BCUT2D eigenvalue weighted by Gasteiger charge is -2.32. The SMILES string of the molecule is CSC1=C(SC)c2cc3[nH]c(cc4[nH]c(cc5nc(cc1n2)C1=C5C2C=CC1CC2)c(SC)c4SC)c1c3C2C=CC1CC2. The number of hydrogen-bond acceptors (Lipinski definition) is 6. The zero-order chi connectivity index (χ0) is 29.7. The predicted octanol–water partition coefficient (Wildman–Crippen LogP) is 10.3. The second kappa shape index (κ2) is 10.5. The standard InChI is InChI=1S/C36H34N4S4/c1-41-33-25-13-21-29-17-5-7-19(8-6-17)31(29)23(37-21)15-27-35(43-3)36(44-4)28(40-27)16-24-32-20-11-9-18(10-12-20)30(32)22(38-24)14-26(39-25)34(33)42-2/h5,7,9,11,13-20,37,39H,6,8,10,12H2,1-4H3. The van der Waals surface area contributed by atoms with E-state index in [9.17, 15) is 0 Å². The number of thioether (sulfide) groups is 4. The Labute approximate surface area is 275 Å². The molecule has 12 bridgehead atoms. The number of aromatic nitrogens is 4. The fourth-order valence-electron chi connectivity index (χ4n) is 8.44. The fourth-order valence-corrected chi connectivity index (χ4v) is 11.9. The molecular formula is C36H34N4S4. The Kier molecular flexibility index (Phi) is 6.63. The van der Waals surface area contributed by atoms with Gasteiger partial charge in [0.1, 0.15) is 0 Å². The summed E-state index contributed by atoms with van der Waals surface area (Å²) in [6.45, 7) is 0. The molecule has 0 radical (unpaired) electrons. The summed E-state index contributed by atoms with van der Waals surface area (Å²) in [5.74, 6) is 1.77. The van der Waals surface area contributed by atoms with Crippen molar-refractivity contribution in [2.24, 2.45) is 11.8 Å². The van der Waals surface area contributed by atoms with Gasteiger partial charge in [-0.1, -0.05) is 24.3 Å². The van der Waals surface area contributed by atoms with E-state index in [1.165, 1.54) is 84.1 Å². The van der Waals surface area contributed by atoms with E-state index in [2.05, 4.69) is 83.6 Å². The van der Waals surface area contributed by atoms with Crippen molar-refractivity contribution in [2.45, 2.75) is 47.3 Å². The van der Waals surface area contributed by atoms with Crippen LogP contribution in [0.5, 0.6) is 0 Å². The van der Waals surface area contributed by atoms with E-state index in [4.69, 9.17) is 9.97 Å². The Morgan fingerprint density at radius 2 is 0.932 bits per heavy atom. The molecule has 2 aliphatic heterocycles. The van der Waals surface area contributed by atoms with Gasteiger partial charge in [0.05, 0.1) is 33.8 Å². The van der Waals surface area contributed by atoms with Crippen LogP contribution in [0.25, 0.3) is 43.0 Å². The molecule has 44 heavy (non-hydrogen) atoms. The Balaban J connectivity index is 1.44. The molecule has 4 atom stereocenters. The largest absolute Gasteiger partial charge is 0.355 e. The monoisotopic (exact) mass is 650 g/mol. The summed E-state index contributed by atoms with van der Waals surface area (Å²) in [4.78, 5) is 23.7. The van der Waals surface area contributed by atoms with Crippen LogP contribution in [-0.4, -0.2) is 45.0 Å². The Morgan fingerprint density at radius 3 is 1.48 bits per heavy atom. The highest BCUT2D eigenvalue weighted by Crippen LogP contribution is 2.53. The topological polar surface area (TPSA) is 57.4 Å². The molecule has 4 nitrogen and oxygen atoms in total. The average molecular weight is 651 g/mol. The van der Waals surface area contributed by atoms with Crippen molar-refractivity contribution in [1.82, 2.24) is 19.9 Å². The summed E-state index contributed by atoms with van der Waals surface area (Å²) in [5, 5.41) is 0. The molecule has 8 aliphatic rings. The van der Waals surface area contributed by atoms with Crippen LogP contribution in [0.1, 0.15) is 71.4 Å². The van der Waals surface area contributed by atoms with E-state index >= 15 is 0 Å². The molecule has 0 saturated carbocycles. The third-order valence-corrected chi connectivity index (χ3v) is 13.8. The van der Waals surface area contributed by atoms with Gasteiger partial charge in [-0.25, -0.2) is 9.97 Å². The third kappa shape index (κ3) is 3.96. The van der Waals surface area contributed by atoms with Gasteiger partial charge in [-0.2, -0.15) is 0 Å². The Morgan fingerprint density at radius 1 is 0.500 bits per heavy atom. The van der Waals surface area contributed by atoms with Gasteiger partial charge >= 0.3 is 0 Å². The summed E-state index contributed by atoms with van der Waals surface area (Å²) in [5.41, 5.74) is 14.9. The predicted molar refractivity (Wildman–Crippen MR) is 194 cm³/mol. The lowest BCUT2D eigenvalue weighted by molar-refractivity contribution is 0.558.